The molecule has 2 heterocycles. The van der Waals surface area contributed by atoms with Gasteiger partial charge in [-0.2, -0.15) is 13.2 Å². The van der Waals surface area contributed by atoms with Crippen molar-refractivity contribution in [3.8, 4) is 11.3 Å². The molecular weight excluding hydrogens is 459 g/mol. The summed E-state index contributed by atoms with van der Waals surface area (Å²) in [6, 6.07) is 5.69. The van der Waals surface area contributed by atoms with E-state index in [2.05, 4.69) is 0 Å². The summed E-state index contributed by atoms with van der Waals surface area (Å²) < 4.78 is 44.1. The number of alkyl halides is 3. The molecule has 162 valence electrons. The third kappa shape index (κ3) is 4.97. The van der Waals surface area contributed by atoms with Crippen LogP contribution in [0.5, 0.6) is 0 Å². The number of carbonyl (C=O) groups excluding carboxylic acids is 1. The van der Waals surface area contributed by atoms with E-state index >= 15 is 0 Å². The zero-order chi connectivity index (χ0) is 22.9. The minimum atomic E-state index is -4.52. The summed E-state index contributed by atoms with van der Waals surface area (Å²) in [6.45, 7) is 0. The number of amides is 1. The second-order valence-electron chi connectivity index (χ2n) is 6.28. The summed E-state index contributed by atoms with van der Waals surface area (Å²) in [4.78, 5) is 35.6. The molecule has 1 aliphatic rings. The van der Waals surface area contributed by atoms with Crippen molar-refractivity contribution >= 4 is 52.2 Å². The lowest BCUT2D eigenvalue weighted by Crippen LogP contribution is -2.45. The first-order valence-corrected chi connectivity index (χ1v) is 9.69. The molecule has 0 saturated carbocycles. The van der Waals surface area contributed by atoms with Crippen LogP contribution in [0.4, 0.5) is 13.2 Å². The van der Waals surface area contributed by atoms with Gasteiger partial charge in [0.25, 0.3) is 5.91 Å². The first kappa shape index (κ1) is 22.6. The van der Waals surface area contributed by atoms with Gasteiger partial charge in [0.15, 0.2) is 0 Å². The zero-order valence-electron chi connectivity index (χ0n) is 15.3. The van der Waals surface area contributed by atoms with Crippen LogP contribution in [0.2, 0.25) is 0 Å². The van der Waals surface area contributed by atoms with Crippen molar-refractivity contribution in [2.75, 3.05) is 0 Å². The largest absolute Gasteiger partial charge is 0.481 e. The van der Waals surface area contributed by atoms with E-state index < -0.39 is 42.0 Å². The summed E-state index contributed by atoms with van der Waals surface area (Å²) in [7, 11) is 0. The molecule has 0 spiro atoms. The molecule has 1 fully saturated rings. The first-order valence-electron chi connectivity index (χ1n) is 8.46. The molecule has 1 aromatic carbocycles. The fourth-order valence-electron chi connectivity index (χ4n) is 2.77. The molecule has 0 aliphatic carbocycles. The van der Waals surface area contributed by atoms with E-state index in [4.69, 9.17) is 21.7 Å². The Morgan fingerprint density at radius 3 is 2.55 bits per heavy atom. The summed E-state index contributed by atoms with van der Waals surface area (Å²) in [5, 5.41) is 18.2. The van der Waals surface area contributed by atoms with Gasteiger partial charge in [0.1, 0.15) is 21.9 Å². The molecule has 0 unspecified atom stereocenters. The van der Waals surface area contributed by atoms with Crippen molar-refractivity contribution < 1.29 is 42.2 Å². The number of hydrogen-bond acceptors (Lipinski definition) is 6. The lowest BCUT2D eigenvalue weighted by atomic mass is 10.1. The van der Waals surface area contributed by atoms with Gasteiger partial charge in [0, 0.05) is 11.6 Å². The Hall–Kier alpha value is -3.12. The molecule has 1 amide bonds. The van der Waals surface area contributed by atoms with E-state index in [1.807, 2.05) is 0 Å². The molecule has 2 N–H and O–H groups in total. The average Bonchev–Trinajstić information content (AvgIpc) is 3.24. The number of thiocarbonyl (C=S) groups is 1. The number of benzene rings is 1. The molecule has 31 heavy (non-hydrogen) atoms. The molecular formula is C19H12F3NO6S2. The number of thioether (sulfide) groups is 1. The predicted octanol–water partition coefficient (Wildman–Crippen LogP) is 4.09. The molecule has 1 aromatic heterocycles. The topological polar surface area (TPSA) is 108 Å². The number of furan rings is 1. The fourth-order valence-corrected chi connectivity index (χ4v) is 4.10. The molecule has 3 rings (SSSR count). The molecule has 0 bridgehead atoms. The van der Waals surface area contributed by atoms with Crippen molar-refractivity contribution in [3.05, 3.63) is 52.6 Å². The Morgan fingerprint density at radius 2 is 1.94 bits per heavy atom. The zero-order valence-corrected chi connectivity index (χ0v) is 16.9. The maximum atomic E-state index is 12.9. The number of carboxylic acid groups (broad SMARTS) is 2. The normalized spacial score (nSPS) is 16.7. The molecule has 2 aromatic rings. The van der Waals surface area contributed by atoms with Gasteiger partial charge in [-0.1, -0.05) is 36.1 Å². The fraction of sp³-hybridized carbons (Fsp3) is 0.158. The van der Waals surface area contributed by atoms with E-state index in [9.17, 15) is 32.7 Å². The van der Waals surface area contributed by atoms with Gasteiger partial charge < -0.3 is 14.6 Å². The highest BCUT2D eigenvalue weighted by atomic mass is 32.2. The summed E-state index contributed by atoms with van der Waals surface area (Å²) in [6.07, 6.45) is -4.10. The van der Waals surface area contributed by atoms with E-state index in [0.717, 1.165) is 23.9 Å². The van der Waals surface area contributed by atoms with Crippen molar-refractivity contribution in [1.29, 1.82) is 0 Å². The van der Waals surface area contributed by atoms with E-state index in [0.29, 0.717) is 4.90 Å². The molecule has 1 aliphatic heterocycles. The van der Waals surface area contributed by atoms with Gasteiger partial charge in [-0.25, -0.2) is 4.79 Å². The van der Waals surface area contributed by atoms with Crippen molar-refractivity contribution in [1.82, 2.24) is 4.90 Å². The predicted molar refractivity (Wildman–Crippen MR) is 108 cm³/mol. The lowest BCUT2D eigenvalue weighted by Gasteiger charge is -2.21. The van der Waals surface area contributed by atoms with Crippen LogP contribution in [0.15, 0.2) is 45.7 Å². The smallest absolute Gasteiger partial charge is 0.416 e. The lowest BCUT2D eigenvalue weighted by molar-refractivity contribution is -0.150. The molecule has 1 saturated heterocycles. The van der Waals surface area contributed by atoms with Gasteiger partial charge in [0.2, 0.25) is 0 Å². The van der Waals surface area contributed by atoms with Gasteiger partial charge in [0.05, 0.1) is 16.9 Å². The van der Waals surface area contributed by atoms with Crippen LogP contribution in [-0.4, -0.2) is 43.3 Å². The Kier molecular flexibility index (Phi) is 6.23. The highest BCUT2D eigenvalue weighted by molar-refractivity contribution is 8.26. The highest BCUT2D eigenvalue weighted by Crippen LogP contribution is 2.36. The third-order valence-electron chi connectivity index (χ3n) is 4.16. The SMILES string of the molecule is O=C(O)C[C@@H](C(=O)O)N1C(=O)/C(=C/c2ccc(-c3cccc(C(F)(F)F)c3)o2)SC1=S. The number of rotatable bonds is 6. The van der Waals surface area contributed by atoms with Crippen molar-refractivity contribution in [2.24, 2.45) is 0 Å². The third-order valence-corrected chi connectivity index (χ3v) is 5.49. The number of nitrogens with zero attached hydrogens (tertiary/aromatic N) is 1. The Labute approximate surface area is 182 Å². The molecule has 12 heteroatoms. The molecule has 0 radical (unpaired) electrons. The summed E-state index contributed by atoms with van der Waals surface area (Å²) >= 11 is 5.79. The number of aliphatic carboxylic acids is 2. The monoisotopic (exact) mass is 471 g/mol. The van der Waals surface area contributed by atoms with Gasteiger partial charge in [-0.3, -0.25) is 14.5 Å². The van der Waals surface area contributed by atoms with E-state index in [1.54, 1.807) is 0 Å². The van der Waals surface area contributed by atoms with E-state index in [-0.39, 0.29) is 26.3 Å². The second kappa shape index (κ2) is 8.55. The highest BCUT2D eigenvalue weighted by Gasteiger charge is 2.41. The van der Waals surface area contributed by atoms with Gasteiger partial charge in [-0.15, -0.1) is 0 Å². The van der Waals surface area contributed by atoms with Crippen molar-refractivity contribution in [3.63, 3.8) is 0 Å². The number of carboxylic acids is 2. The van der Waals surface area contributed by atoms with Gasteiger partial charge >= 0.3 is 18.1 Å². The van der Waals surface area contributed by atoms with Crippen molar-refractivity contribution in [2.45, 2.75) is 18.6 Å². The van der Waals surface area contributed by atoms with E-state index in [1.165, 1.54) is 30.3 Å². The Bertz CT molecular complexity index is 1110. The summed E-state index contributed by atoms with van der Waals surface area (Å²) in [5.74, 6) is -3.49. The maximum absolute atomic E-state index is 12.9. The minimum Gasteiger partial charge on any atom is -0.481 e. The Balaban J connectivity index is 1.86. The number of hydrogen-bond donors (Lipinski definition) is 2. The van der Waals surface area contributed by atoms with Crippen LogP contribution in [-0.2, 0) is 20.6 Å². The van der Waals surface area contributed by atoms with Crippen LogP contribution in [0.25, 0.3) is 17.4 Å². The van der Waals surface area contributed by atoms with Crippen LogP contribution >= 0.6 is 24.0 Å². The minimum absolute atomic E-state index is 0.00780. The average molecular weight is 471 g/mol. The van der Waals surface area contributed by atoms with Crippen LogP contribution in [0.1, 0.15) is 17.7 Å². The summed E-state index contributed by atoms with van der Waals surface area (Å²) in [5.41, 5.74) is -0.670. The quantitative estimate of drug-likeness (QED) is 0.479. The standard InChI is InChI=1S/C19H12F3NO6S2/c20-19(21,22)10-3-1-2-9(6-10)13-5-4-11(29-13)7-14-16(26)23(18(30)31-14)12(17(27)28)8-15(24)25/h1-7,12H,8H2,(H,24,25)(H,27,28)/b14-7-/t12-/m0/s1. The molecule has 7 nitrogen and oxygen atoms in total. The van der Waals surface area contributed by atoms with Crippen LogP contribution in [0, 0.1) is 0 Å². The van der Waals surface area contributed by atoms with Crippen LogP contribution in [0.3, 0.4) is 0 Å². The van der Waals surface area contributed by atoms with Crippen LogP contribution < -0.4 is 0 Å². The number of halogens is 3. The second-order valence-corrected chi connectivity index (χ2v) is 7.96. The Morgan fingerprint density at radius 1 is 1.23 bits per heavy atom. The molecule has 1 atom stereocenters. The van der Waals surface area contributed by atoms with Gasteiger partial charge in [-0.05, 0) is 24.3 Å². The number of carbonyl (C=O) groups is 3. The maximum Gasteiger partial charge on any atom is 0.416 e. The first-order chi connectivity index (χ1) is 14.5.